The summed E-state index contributed by atoms with van der Waals surface area (Å²) in [6, 6.07) is 25.3. The fraction of sp³-hybridized carbons (Fsp3) is 0.0476. The van der Waals surface area contributed by atoms with Gasteiger partial charge in [0.05, 0.1) is 6.21 Å². The monoisotopic (exact) mass is 361 g/mol. The highest BCUT2D eigenvalue weighted by atomic mass is 32.1. The molecule has 3 rings (SSSR count). The molecule has 0 spiro atoms. The molecular formula is C21H19N3OS. The van der Waals surface area contributed by atoms with Crippen LogP contribution >= 0.6 is 12.2 Å². The van der Waals surface area contributed by atoms with Crippen molar-refractivity contribution in [2.75, 3.05) is 5.32 Å². The molecule has 0 saturated carbocycles. The van der Waals surface area contributed by atoms with Gasteiger partial charge in [-0.1, -0.05) is 35.9 Å². The molecule has 26 heavy (non-hydrogen) atoms. The van der Waals surface area contributed by atoms with Crippen molar-refractivity contribution in [3.8, 4) is 11.5 Å². The van der Waals surface area contributed by atoms with Gasteiger partial charge in [0.15, 0.2) is 5.11 Å². The van der Waals surface area contributed by atoms with Gasteiger partial charge in [0.25, 0.3) is 0 Å². The molecule has 0 aliphatic rings. The lowest BCUT2D eigenvalue weighted by Gasteiger charge is -2.07. The zero-order chi connectivity index (χ0) is 18.2. The first-order valence-electron chi connectivity index (χ1n) is 8.19. The van der Waals surface area contributed by atoms with Gasteiger partial charge in [-0.15, -0.1) is 0 Å². The molecule has 0 aliphatic heterocycles. The number of nitrogens with zero attached hydrogens (tertiary/aromatic N) is 1. The number of hydrogen-bond donors (Lipinski definition) is 2. The number of hydrogen-bond acceptors (Lipinski definition) is 3. The van der Waals surface area contributed by atoms with E-state index in [0.29, 0.717) is 5.11 Å². The number of nitrogens with one attached hydrogen (secondary N) is 2. The van der Waals surface area contributed by atoms with Crippen molar-refractivity contribution in [1.29, 1.82) is 0 Å². The Hall–Kier alpha value is -3.18. The second-order valence-electron chi connectivity index (χ2n) is 5.67. The predicted molar refractivity (Wildman–Crippen MR) is 111 cm³/mol. The molecule has 0 saturated heterocycles. The summed E-state index contributed by atoms with van der Waals surface area (Å²) in [7, 11) is 0. The van der Waals surface area contributed by atoms with Crippen LogP contribution in [0.5, 0.6) is 11.5 Å². The molecule has 2 N–H and O–H groups in total. The Morgan fingerprint density at radius 2 is 1.50 bits per heavy atom. The number of thiocarbonyl (C=S) groups is 1. The Labute approximate surface area is 158 Å². The molecule has 0 radical (unpaired) electrons. The second kappa shape index (κ2) is 8.78. The topological polar surface area (TPSA) is 45.6 Å². The highest BCUT2D eigenvalue weighted by Crippen LogP contribution is 2.21. The summed E-state index contributed by atoms with van der Waals surface area (Å²) in [5.74, 6) is 1.59. The number of benzene rings is 3. The van der Waals surface area contributed by atoms with E-state index in [1.54, 1.807) is 6.21 Å². The normalized spacial score (nSPS) is 10.5. The molecule has 0 atom stereocenters. The van der Waals surface area contributed by atoms with Crippen molar-refractivity contribution >= 4 is 29.2 Å². The van der Waals surface area contributed by atoms with Crippen LogP contribution in [0.25, 0.3) is 0 Å². The lowest BCUT2D eigenvalue weighted by molar-refractivity contribution is 0.482. The Kier molecular flexibility index (Phi) is 5.96. The number of aryl methyl sites for hydroxylation is 1. The van der Waals surface area contributed by atoms with E-state index in [9.17, 15) is 0 Å². The van der Waals surface area contributed by atoms with Crippen molar-refractivity contribution in [3.05, 3.63) is 90.0 Å². The molecule has 0 aromatic heterocycles. The third-order valence-corrected chi connectivity index (χ3v) is 3.74. The molecule has 130 valence electrons. The molecule has 0 bridgehead atoms. The molecule has 3 aromatic carbocycles. The van der Waals surface area contributed by atoms with Crippen LogP contribution in [0.15, 0.2) is 84.0 Å². The van der Waals surface area contributed by atoms with Crippen molar-refractivity contribution in [2.24, 2.45) is 5.10 Å². The van der Waals surface area contributed by atoms with Crippen LogP contribution in [0.4, 0.5) is 5.69 Å². The summed E-state index contributed by atoms with van der Waals surface area (Å²) >= 11 is 5.20. The third-order valence-electron chi connectivity index (χ3n) is 3.55. The Morgan fingerprint density at radius 1 is 0.885 bits per heavy atom. The average molecular weight is 361 g/mol. The van der Waals surface area contributed by atoms with Crippen molar-refractivity contribution in [3.63, 3.8) is 0 Å². The van der Waals surface area contributed by atoms with Crippen LogP contribution in [-0.2, 0) is 0 Å². The van der Waals surface area contributed by atoms with Crippen LogP contribution in [0.2, 0.25) is 0 Å². The fourth-order valence-corrected chi connectivity index (χ4v) is 2.38. The summed E-state index contributed by atoms with van der Waals surface area (Å²) in [6.07, 6.45) is 1.70. The maximum absolute atomic E-state index is 5.81. The molecule has 0 fully saturated rings. The summed E-state index contributed by atoms with van der Waals surface area (Å²) in [5.41, 5.74) is 5.86. The highest BCUT2D eigenvalue weighted by Gasteiger charge is 1.98. The zero-order valence-electron chi connectivity index (χ0n) is 14.3. The lowest BCUT2D eigenvalue weighted by atomic mass is 10.2. The van der Waals surface area contributed by atoms with Gasteiger partial charge in [0.1, 0.15) is 11.5 Å². The average Bonchev–Trinajstić information content (AvgIpc) is 2.66. The van der Waals surface area contributed by atoms with Gasteiger partial charge in [0.2, 0.25) is 0 Å². The SMILES string of the molecule is Cc1ccc(Oc2ccc(/C=N/NC(=S)Nc3ccccc3)cc2)cc1. The molecule has 5 heteroatoms. The van der Waals surface area contributed by atoms with Crippen LogP contribution in [0.1, 0.15) is 11.1 Å². The van der Waals surface area contributed by atoms with Gasteiger partial charge in [-0.25, -0.2) is 0 Å². The largest absolute Gasteiger partial charge is 0.457 e. The lowest BCUT2D eigenvalue weighted by Crippen LogP contribution is -2.23. The van der Waals surface area contributed by atoms with E-state index in [-0.39, 0.29) is 0 Å². The fourth-order valence-electron chi connectivity index (χ4n) is 2.21. The van der Waals surface area contributed by atoms with Crippen molar-refractivity contribution < 1.29 is 4.74 Å². The second-order valence-corrected chi connectivity index (χ2v) is 6.08. The summed E-state index contributed by atoms with van der Waals surface area (Å²) in [6.45, 7) is 2.05. The first-order valence-corrected chi connectivity index (χ1v) is 8.59. The summed E-state index contributed by atoms with van der Waals surface area (Å²) < 4.78 is 5.81. The third kappa shape index (κ3) is 5.43. The van der Waals surface area contributed by atoms with Gasteiger partial charge in [0, 0.05) is 5.69 Å². The molecule has 0 aliphatic carbocycles. The predicted octanol–water partition coefficient (Wildman–Crippen LogP) is 5.11. The summed E-state index contributed by atoms with van der Waals surface area (Å²) in [4.78, 5) is 0. The Morgan fingerprint density at radius 3 is 2.15 bits per heavy atom. The molecule has 4 nitrogen and oxygen atoms in total. The van der Waals surface area contributed by atoms with E-state index >= 15 is 0 Å². The van der Waals surface area contributed by atoms with E-state index in [4.69, 9.17) is 17.0 Å². The smallest absolute Gasteiger partial charge is 0.191 e. The van der Waals surface area contributed by atoms with Crippen LogP contribution in [0.3, 0.4) is 0 Å². The quantitative estimate of drug-likeness (QED) is 0.377. The first-order chi connectivity index (χ1) is 12.7. The number of rotatable bonds is 5. The maximum Gasteiger partial charge on any atom is 0.191 e. The minimum atomic E-state index is 0.437. The number of para-hydroxylation sites is 1. The Bertz CT molecular complexity index is 875. The maximum atomic E-state index is 5.81. The van der Waals surface area contributed by atoms with Crippen molar-refractivity contribution in [2.45, 2.75) is 6.92 Å². The molecule has 0 heterocycles. The molecular weight excluding hydrogens is 342 g/mol. The minimum absolute atomic E-state index is 0.437. The van der Waals surface area contributed by atoms with Gasteiger partial charge in [-0.3, -0.25) is 5.43 Å². The highest BCUT2D eigenvalue weighted by molar-refractivity contribution is 7.80. The van der Waals surface area contributed by atoms with E-state index in [0.717, 1.165) is 22.7 Å². The summed E-state index contributed by atoms with van der Waals surface area (Å²) in [5, 5.41) is 7.63. The van der Waals surface area contributed by atoms with Gasteiger partial charge in [-0.2, -0.15) is 5.10 Å². The standard InChI is InChI=1S/C21H19N3OS/c1-16-7-11-19(12-8-16)25-20-13-9-17(10-14-20)15-22-24-21(26)23-18-5-3-2-4-6-18/h2-15H,1H3,(H2,23,24,26)/b22-15+. The van der Waals surface area contributed by atoms with E-state index in [1.165, 1.54) is 5.56 Å². The van der Waals surface area contributed by atoms with Crippen molar-refractivity contribution in [1.82, 2.24) is 5.43 Å². The van der Waals surface area contributed by atoms with Gasteiger partial charge in [-0.05, 0) is 73.2 Å². The van der Waals surface area contributed by atoms with Crippen LogP contribution in [-0.4, -0.2) is 11.3 Å². The molecule has 0 amide bonds. The van der Waals surface area contributed by atoms with E-state index < -0.39 is 0 Å². The first kappa shape index (κ1) is 17.6. The molecule has 0 unspecified atom stereocenters. The van der Waals surface area contributed by atoms with Crippen LogP contribution in [0, 0.1) is 6.92 Å². The van der Waals surface area contributed by atoms with Crippen LogP contribution < -0.4 is 15.5 Å². The van der Waals surface area contributed by atoms with E-state index in [1.807, 2.05) is 85.8 Å². The van der Waals surface area contributed by atoms with Gasteiger partial charge < -0.3 is 10.1 Å². The Balaban J connectivity index is 1.51. The molecule has 3 aromatic rings. The number of anilines is 1. The minimum Gasteiger partial charge on any atom is -0.457 e. The zero-order valence-corrected chi connectivity index (χ0v) is 15.2. The van der Waals surface area contributed by atoms with E-state index in [2.05, 4.69) is 15.8 Å². The van der Waals surface area contributed by atoms with Gasteiger partial charge >= 0.3 is 0 Å². The number of ether oxygens (including phenoxy) is 1. The number of hydrazone groups is 1.